The molecule has 1 aromatic heterocycles. The van der Waals surface area contributed by atoms with E-state index in [1.807, 2.05) is 6.07 Å². The number of benzene rings is 1. The van der Waals surface area contributed by atoms with Crippen molar-refractivity contribution in [3.63, 3.8) is 0 Å². The second kappa shape index (κ2) is 8.83. The van der Waals surface area contributed by atoms with Crippen LogP contribution in [0.1, 0.15) is 23.6 Å². The number of aromatic nitrogens is 1. The average molecular weight is 421 g/mol. The highest BCUT2D eigenvalue weighted by molar-refractivity contribution is 5.52. The first-order chi connectivity index (χ1) is 14.2. The maximum Gasteiger partial charge on any atom is 0.416 e. The summed E-state index contributed by atoms with van der Waals surface area (Å²) in [6.45, 7) is 6.07. The van der Waals surface area contributed by atoms with Gasteiger partial charge in [0, 0.05) is 30.5 Å². The molecule has 9 heteroatoms. The lowest BCUT2D eigenvalue weighted by Gasteiger charge is -2.28. The standard InChI is InChI=1S/C21H26F3N5O/c1-13-15(4-3-5-18(13)21(22,23)24)11-28-20(26)17-10-16(12-27-19(17)14(2)25)29-6-8-30-9-7-29/h3-5,10,12,28H,6-9,11,25-26H2,1-2H3/b19-14+,20-17+. The molecule has 1 aliphatic heterocycles. The highest BCUT2D eigenvalue weighted by atomic mass is 19.4. The molecule has 6 nitrogen and oxygen atoms in total. The number of alkyl halides is 3. The first kappa shape index (κ1) is 21.8. The number of anilines is 1. The molecule has 2 heterocycles. The summed E-state index contributed by atoms with van der Waals surface area (Å²) < 4.78 is 44.9. The number of ether oxygens (including phenoxy) is 1. The summed E-state index contributed by atoms with van der Waals surface area (Å²) >= 11 is 0. The first-order valence-corrected chi connectivity index (χ1v) is 9.63. The highest BCUT2D eigenvalue weighted by Crippen LogP contribution is 2.32. The normalized spacial score (nSPS) is 16.9. The molecule has 3 rings (SSSR count). The number of morpholine rings is 1. The van der Waals surface area contributed by atoms with Gasteiger partial charge >= 0.3 is 6.18 Å². The van der Waals surface area contributed by atoms with Gasteiger partial charge in [-0.1, -0.05) is 12.1 Å². The number of nitrogens with one attached hydrogen (secondary N) is 1. The van der Waals surface area contributed by atoms with Crippen molar-refractivity contribution in [1.29, 1.82) is 0 Å². The smallest absolute Gasteiger partial charge is 0.401 e. The van der Waals surface area contributed by atoms with Crippen molar-refractivity contribution in [3.05, 3.63) is 57.7 Å². The van der Waals surface area contributed by atoms with Crippen LogP contribution in [-0.2, 0) is 17.5 Å². The maximum atomic E-state index is 13.2. The lowest BCUT2D eigenvalue weighted by atomic mass is 10.0. The van der Waals surface area contributed by atoms with E-state index in [1.54, 1.807) is 19.2 Å². The van der Waals surface area contributed by atoms with E-state index >= 15 is 0 Å². The molecule has 162 valence electrons. The summed E-state index contributed by atoms with van der Waals surface area (Å²) in [6.07, 6.45) is -2.66. The van der Waals surface area contributed by atoms with Crippen LogP contribution in [-0.4, -0.2) is 31.3 Å². The number of rotatable bonds is 4. The van der Waals surface area contributed by atoms with Crippen LogP contribution in [0.15, 0.2) is 30.5 Å². The van der Waals surface area contributed by atoms with Gasteiger partial charge in [-0.25, -0.2) is 0 Å². The fraction of sp³-hybridized carbons (Fsp3) is 0.381. The third-order valence-electron chi connectivity index (χ3n) is 5.13. The predicted molar refractivity (Wildman–Crippen MR) is 110 cm³/mol. The Hall–Kier alpha value is -2.94. The molecule has 1 aromatic carbocycles. The summed E-state index contributed by atoms with van der Waals surface area (Å²) in [4.78, 5) is 6.60. The van der Waals surface area contributed by atoms with Gasteiger partial charge in [0.25, 0.3) is 0 Å². The van der Waals surface area contributed by atoms with E-state index in [-0.39, 0.29) is 12.1 Å². The molecule has 0 spiro atoms. The van der Waals surface area contributed by atoms with Crippen molar-refractivity contribution in [3.8, 4) is 0 Å². The lowest BCUT2D eigenvalue weighted by Crippen LogP contribution is -2.42. The van der Waals surface area contributed by atoms with Crippen molar-refractivity contribution in [1.82, 2.24) is 10.3 Å². The van der Waals surface area contributed by atoms with Gasteiger partial charge in [0.2, 0.25) is 0 Å². The fourth-order valence-electron chi connectivity index (χ4n) is 3.44. The Kier molecular flexibility index (Phi) is 6.40. The largest absolute Gasteiger partial charge is 0.416 e. The first-order valence-electron chi connectivity index (χ1n) is 9.63. The minimum absolute atomic E-state index is 0.145. The van der Waals surface area contributed by atoms with Gasteiger partial charge in [-0.2, -0.15) is 13.2 Å². The predicted octanol–water partition coefficient (Wildman–Crippen LogP) is 1.15. The molecule has 0 unspecified atom stereocenters. The summed E-state index contributed by atoms with van der Waals surface area (Å²) in [5, 5.41) is 4.19. The Morgan fingerprint density at radius 3 is 2.57 bits per heavy atom. The van der Waals surface area contributed by atoms with Gasteiger partial charge in [-0.15, -0.1) is 0 Å². The van der Waals surface area contributed by atoms with Crippen LogP contribution in [0.5, 0.6) is 0 Å². The number of hydrogen-bond donors (Lipinski definition) is 3. The Labute approximate surface area is 173 Å². The van der Waals surface area contributed by atoms with E-state index in [9.17, 15) is 13.2 Å². The minimum atomic E-state index is -4.40. The van der Waals surface area contributed by atoms with Crippen LogP contribution < -0.4 is 32.3 Å². The van der Waals surface area contributed by atoms with E-state index < -0.39 is 11.7 Å². The Morgan fingerprint density at radius 2 is 1.93 bits per heavy atom. The van der Waals surface area contributed by atoms with Crippen molar-refractivity contribution < 1.29 is 17.9 Å². The van der Waals surface area contributed by atoms with E-state index in [4.69, 9.17) is 16.2 Å². The van der Waals surface area contributed by atoms with Gasteiger partial charge in [-0.05, 0) is 37.1 Å². The summed E-state index contributed by atoms with van der Waals surface area (Å²) in [5.74, 6) is 0.300. The lowest BCUT2D eigenvalue weighted by molar-refractivity contribution is -0.138. The molecule has 0 atom stereocenters. The van der Waals surface area contributed by atoms with Crippen LogP contribution in [0.3, 0.4) is 0 Å². The number of halogens is 3. The topological polar surface area (TPSA) is 89.4 Å². The third kappa shape index (κ3) is 4.79. The fourth-order valence-corrected chi connectivity index (χ4v) is 3.44. The zero-order valence-electron chi connectivity index (χ0n) is 17.0. The molecule has 2 aromatic rings. The molecule has 0 radical (unpaired) electrons. The van der Waals surface area contributed by atoms with Crippen LogP contribution in [0.25, 0.3) is 11.5 Å². The quantitative estimate of drug-likeness (QED) is 0.686. The Morgan fingerprint density at radius 1 is 1.23 bits per heavy atom. The molecule has 5 N–H and O–H groups in total. The van der Waals surface area contributed by atoms with Crippen LogP contribution >= 0.6 is 0 Å². The van der Waals surface area contributed by atoms with E-state index in [0.717, 1.165) is 24.8 Å². The van der Waals surface area contributed by atoms with Gasteiger partial charge in [0.1, 0.15) is 5.82 Å². The number of hydrogen-bond acceptors (Lipinski definition) is 6. The molecule has 1 aliphatic rings. The second-order valence-electron chi connectivity index (χ2n) is 7.23. The Balaban J connectivity index is 1.95. The number of nitrogens with zero attached hydrogens (tertiary/aromatic N) is 2. The minimum Gasteiger partial charge on any atom is -0.401 e. The molecule has 1 fully saturated rings. The van der Waals surface area contributed by atoms with Crippen LogP contribution in [0.4, 0.5) is 18.9 Å². The van der Waals surface area contributed by atoms with Gasteiger partial charge < -0.3 is 26.4 Å². The zero-order chi connectivity index (χ0) is 21.9. The highest BCUT2D eigenvalue weighted by Gasteiger charge is 2.32. The maximum absolute atomic E-state index is 13.2. The third-order valence-corrected chi connectivity index (χ3v) is 5.13. The monoisotopic (exact) mass is 421 g/mol. The second-order valence-corrected chi connectivity index (χ2v) is 7.23. The van der Waals surface area contributed by atoms with Crippen molar-refractivity contribution in [2.24, 2.45) is 11.5 Å². The Bertz CT molecular complexity index is 1030. The summed E-state index contributed by atoms with van der Waals surface area (Å²) in [7, 11) is 0. The van der Waals surface area contributed by atoms with Crippen LogP contribution in [0, 0.1) is 6.92 Å². The van der Waals surface area contributed by atoms with Crippen molar-refractivity contribution in [2.45, 2.75) is 26.6 Å². The molecular formula is C21H26F3N5O. The van der Waals surface area contributed by atoms with Gasteiger partial charge in [0.15, 0.2) is 0 Å². The summed E-state index contributed by atoms with van der Waals surface area (Å²) in [5.41, 5.74) is 13.7. The molecule has 0 bridgehead atoms. The zero-order valence-corrected chi connectivity index (χ0v) is 17.0. The molecule has 0 aliphatic carbocycles. The molecule has 1 saturated heterocycles. The van der Waals surface area contributed by atoms with Gasteiger partial charge in [0.05, 0.1) is 36.0 Å². The van der Waals surface area contributed by atoms with Gasteiger partial charge in [-0.3, -0.25) is 4.98 Å². The molecule has 30 heavy (non-hydrogen) atoms. The van der Waals surface area contributed by atoms with E-state index in [2.05, 4.69) is 15.2 Å². The summed E-state index contributed by atoms with van der Waals surface area (Å²) in [6, 6.07) is 6.01. The van der Waals surface area contributed by atoms with E-state index in [0.29, 0.717) is 40.9 Å². The number of pyridine rings is 1. The molecule has 0 saturated carbocycles. The molecular weight excluding hydrogens is 395 g/mol. The van der Waals surface area contributed by atoms with Crippen LogP contribution in [0.2, 0.25) is 0 Å². The van der Waals surface area contributed by atoms with E-state index in [1.165, 1.54) is 13.0 Å². The van der Waals surface area contributed by atoms with Crippen molar-refractivity contribution in [2.75, 3.05) is 31.2 Å². The molecule has 0 amide bonds. The average Bonchev–Trinajstić information content (AvgIpc) is 2.72. The SMILES string of the molecule is C/C(N)=c1\ncc(N2CCOCC2)c\c1=C(\N)NCc1cccc(C(F)(F)F)c1C. The number of nitrogens with two attached hydrogens (primary N) is 2. The van der Waals surface area contributed by atoms with Crippen molar-refractivity contribution >= 4 is 17.2 Å².